The minimum atomic E-state index is -0.651. The number of benzene rings is 2. The normalized spacial score (nSPS) is 10.9. The first kappa shape index (κ1) is 18.3. The first-order valence-corrected chi connectivity index (χ1v) is 9.70. The molecule has 0 atom stereocenters. The minimum absolute atomic E-state index is 0.0105. The maximum atomic E-state index is 12.3. The molecule has 0 saturated heterocycles. The van der Waals surface area contributed by atoms with E-state index in [-0.39, 0.29) is 16.0 Å². The van der Waals surface area contributed by atoms with Gasteiger partial charge in [0.1, 0.15) is 9.48 Å². The van der Waals surface area contributed by atoms with Crippen LogP contribution in [-0.2, 0) is 0 Å². The second-order valence-corrected chi connectivity index (χ2v) is 7.84. The maximum absolute atomic E-state index is 12.3. The van der Waals surface area contributed by atoms with Crippen LogP contribution in [0.5, 0.6) is 0 Å². The molecule has 2 aromatic carbocycles. The second kappa shape index (κ2) is 7.13. The number of halogens is 1. The highest BCUT2D eigenvalue weighted by Crippen LogP contribution is 2.31. The Bertz CT molecular complexity index is 1220. The number of nitro groups is 1. The summed E-state index contributed by atoms with van der Waals surface area (Å²) in [5, 5.41) is 20.3. The third-order valence-electron chi connectivity index (χ3n) is 4.02. The van der Waals surface area contributed by atoms with Crippen LogP contribution in [0.15, 0.2) is 46.9 Å². The molecule has 0 aliphatic rings. The topological polar surface area (TPSA) is 114 Å². The number of hydrogen-bond donors (Lipinski definition) is 2. The van der Waals surface area contributed by atoms with E-state index in [4.69, 9.17) is 0 Å². The summed E-state index contributed by atoms with van der Waals surface area (Å²) < 4.78 is 1.13. The molecule has 0 saturated carbocycles. The van der Waals surface area contributed by atoms with Crippen molar-refractivity contribution in [3.05, 3.63) is 68.3 Å². The predicted molar refractivity (Wildman–Crippen MR) is 111 cm³/mol. The van der Waals surface area contributed by atoms with E-state index in [9.17, 15) is 14.9 Å². The number of anilines is 1. The third kappa shape index (κ3) is 3.39. The number of hydrogen-bond acceptors (Lipinski definition) is 6. The average Bonchev–Trinajstić information content (AvgIpc) is 3.25. The number of fused-ring (bicyclic) bond motifs is 1. The number of aryl methyl sites for hydroxylation is 1. The van der Waals surface area contributed by atoms with Crippen molar-refractivity contribution in [1.82, 2.24) is 15.2 Å². The lowest BCUT2D eigenvalue weighted by molar-refractivity contribution is -0.390. The van der Waals surface area contributed by atoms with E-state index in [1.54, 1.807) is 23.5 Å². The molecule has 28 heavy (non-hydrogen) atoms. The average molecular weight is 458 g/mol. The van der Waals surface area contributed by atoms with E-state index < -0.39 is 10.8 Å². The summed E-state index contributed by atoms with van der Waals surface area (Å²) in [6.07, 6.45) is 0. The molecule has 0 aliphatic heterocycles. The lowest BCUT2D eigenvalue weighted by atomic mass is 10.2. The van der Waals surface area contributed by atoms with E-state index in [0.717, 1.165) is 20.8 Å². The molecule has 2 heterocycles. The number of aromatic amines is 1. The summed E-state index contributed by atoms with van der Waals surface area (Å²) in [5.74, 6) is -0.925. The zero-order valence-electron chi connectivity index (χ0n) is 14.4. The van der Waals surface area contributed by atoms with Crippen molar-refractivity contribution in [2.45, 2.75) is 6.92 Å². The number of aromatic nitrogens is 3. The van der Waals surface area contributed by atoms with Crippen LogP contribution in [0.25, 0.3) is 20.8 Å². The Hall–Kier alpha value is -3.11. The summed E-state index contributed by atoms with van der Waals surface area (Å²) in [7, 11) is 0. The van der Waals surface area contributed by atoms with Crippen LogP contribution in [-0.4, -0.2) is 26.0 Å². The van der Waals surface area contributed by atoms with Gasteiger partial charge in [-0.25, -0.2) is 4.98 Å². The number of carbonyl (C=O) groups excluding carboxylic acids is 1. The van der Waals surface area contributed by atoms with Gasteiger partial charge in [0.05, 0.1) is 10.2 Å². The molecule has 0 spiro atoms. The van der Waals surface area contributed by atoms with Crippen LogP contribution in [0.4, 0.5) is 11.5 Å². The van der Waals surface area contributed by atoms with Crippen molar-refractivity contribution in [3.8, 4) is 10.6 Å². The van der Waals surface area contributed by atoms with E-state index in [2.05, 4.69) is 42.5 Å². The molecule has 2 aromatic heterocycles. The number of rotatable bonds is 4. The number of carbonyl (C=O) groups is 1. The summed E-state index contributed by atoms with van der Waals surface area (Å²) in [6.45, 7) is 2.04. The van der Waals surface area contributed by atoms with Crippen molar-refractivity contribution in [2.75, 3.05) is 5.32 Å². The van der Waals surface area contributed by atoms with Gasteiger partial charge in [-0.2, -0.15) is 0 Å². The summed E-state index contributed by atoms with van der Waals surface area (Å²) in [6, 6.07) is 13.4. The molecule has 0 aliphatic carbocycles. The Kier molecular flexibility index (Phi) is 4.65. The van der Waals surface area contributed by atoms with Crippen molar-refractivity contribution in [1.29, 1.82) is 0 Å². The van der Waals surface area contributed by atoms with Crippen LogP contribution in [0.3, 0.4) is 0 Å². The van der Waals surface area contributed by atoms with Gasteiger partial charge in [-0.15, -0.1) is 16.4 Å². The lowest BCUT2D eigenvalue weighted by Crippen LogP contribution is -2.13. The van der Waals surface area contributed by atoms with E-state index in [1.165, 1.54) is 5.56 Å². The van der Waals surface area contributed by atoms with Crippen molar-refractivity contribution < 1.29 is 9.72 Å². The van der Waals surface area contributed by atoms with Crippen molar-refractivity contribution >= 4 is 54.9 Å². The highest BCUT2D eigenvalue weighted by molar-refractivity contribution is 9.10. The predicted octanol–water partition coefficient (Wildman–Crippen LogP) is 4.92. The van der Waals surface area contributed by atoms with Gasteiger partial charge in [0, 0.05) is 11.3 Å². The summed E-state index contributed by atoms with van der Waals surface area (Å²) in [5.41, 5.74) is 3.53. The Labute approximate surface area is 170 Å². The number of amides is 1. The van der Waals surface area contributed by atoms with Gasteiger partial charge >= 0.3 is 5.82 Å². The fraction of sp³-hybridized carbons (Fsp3) is 0.0556. The second-order valence-electron chi connectivity index (χ2n) is 6.01. The van der Waals surface area contributed by atoms with E-state index in [1.807, 2.05) is 31.2 Å². The van der Waals surface area contributed by atoms with Gasteiger partial charge in [-0.3, -0.25) is 4.79 Å². The largest absolute Gasteiger partial charge is 0.358 e. The fourth-order valence-electron chi connectivity index (χ4n) is 2.63. The molecule has 2 N–H and O–H groups in total. The van der Waals surface area contributed by atoms with Gasteiger partial charge in [0.25, 0.3) is 5.91 Å². The van der Waals surface area contributed by atoms with Gasteiger partial charge in [0.2, 0.25) is 0 Å². The SMILES string of the molecule is Cc1ccc2nc(-c3ccc(NC(=O)c4n[nH]c([N+](=O)[O-])c4Br)cc3)sc2c1. The van der Waals surface area contributed by atoms with Crippen LogP contribution < -0.4 is 5.32 Å². The highest BCUT2D eigenvalue weighted by atomic mass is 79.9. The van der Waals surface area contributed by atoms with E-state index in [0.29, 0.717) is 5.69 Å². The van der Waals surface area contributed by atoms with Crippen molar-refractivity contribution in [3.63, 3.8) is 0 Å². The first-order chi connectivity index (χ1) is 13.4. The highest BCUT2D eigenvalue weighted by Gasteiger charge is 2.24. The molecule has 0 unspecified atom stereocenters. The van der Waals surface area contributed by atoms with Crippen LogP contribution in [0.1, 0.15) is 16.1 Å². The molecule has 4 aromatic rings. The molecular formula is C18H12BrN5O3S. The first-order valence-electron chi connectivity index (χ1n) is 8.09. The summed E-state index contributed by atoms with van der Waals surface area (Å²) in [4.78, 5) is 27.1. The number of nitrogens with one attached hydrogen (secondary N) is 2. The van der Waals surface area contributed by atoms with E-state index >= 15 is 0 Å². The third-order valence-corrected chi connectivity index (χ3v) is 5.84. The Morgan fingerprint density at radius 1 is 1.25 bits per heavy atom. The molecule has 4 rings (SSSR count). The smallest absolute Gasteiger partial charge is 0.357 e. The molecule has 0 radical (unpaired) electrons. The Morgan fingerprint density at radius 2 is 2.00 bits per heavy atom. The molecule has 10 heteroatoms. The number of thiazole rings is 1. The standard InChI is InChI=1S/C18H12BrN5O3S/c1-9-2-7-12-13(8-9)28-18(21-12)10-3-5-11(6-4-10)20-17(25)15-14(19)16(23-22-15)24(26)27/h2-8H,1H3,(H,20,25)(H,22,23). The number of nitrogens with zero attached hydrogens (tertiary/aromatic N) is 3. The zero-order valence-corrected chi connectivity index (χ0v) is 16.8. The molecular weight excluding hydrogens is 446 g/mol. The minimum Gasteiger partial charge on any atom is -0.358 e. The van der Waals surface area contributed by atoms with Gasteiger partial charge in [0.15, 0.2) is 5.69 Å². The summed E-state index contributed by atoms with van der Waals surface area (Å²) >= 11 is 4.63. The fourth-order valence-corrected chi connectivity index (χ4v) is 4.20. The monoisotopic (exact) mass is 457 g/mol. The van der Waals surface area contributed by atoms with Crippen LogP contribution >= 0.6 is 27.3 Å². The molecule has 140 valence electrons. The molecule has 8 nitrogen and oxygen atoms in total. The van der Waals surface area contributed by atoms with Gasteiger partial charge in [-0.1, -0.05) is 11.2 Å². The molecule has 0 bridgehead atoms. The Morgan fingerprint density at radius 3 is 2.68 bits per heavy atom. The number of H-pyrrole nitrogens is 1. The zero-order chi connectivity index (χ0) is 19.8. The maximum Gasteiger partial charge on any atom is 0.357 e. The Balaban J connectivity index is 1.54. The molecule has 1 amide bonds. The van der Waals surface area contributed by atoms with Crippen LogP contribution in [0, 0.1) is 17.0 Å². The molecule has 0 fully saturated rings. The van der Waals surface area contributed by atoms with Crippen molar-refractivity contribution in [2.24, 2.45) is 0 Å². The quantitative estimate of drug-likeness (QED) is 0.333. The van der Waals surface area contributed by atoms with Gasteiger partial charge < -0.3 is 15.4 Å². The van der Waals surface area contributed by atoms with Crippen LogP contribution in [0.2, 0.25) is 0 Å². The lowest BCUT2D eigenvalue weighted by Gasteiger charge is -2.04. The van der Waals surface area contributed by atoms with Gasteiger partial charge in [-0.05, 0) is 69.7 Å².